The van der Waals surface area contributed by atoms with E-state index in [0.29, 0.717) is 0 Å². The molecule has 0 radical (unpaired) electrons. The van der Waals surface area contributed by atoms with Gasteiger partial charge in [0.2, 0.25) is 5.91 Å². The Morgan fingerprint density at radius 3 is 2.52 bits per heavy atom. The standard InChI is InChI=1S/C17H26N2O.ClH/c1-12-8-13(2)10-15(9-12)11-14(3)19-17(20)16-6-4-5-7-18-16;/h8-10,14,16,18H,4-7,11H2,1-3H3,(H,19,20);1H. The predicted molar refractivity (Wildman–Crippen MR) is 90.1 cm³/mol. The average Bonchev–Trinajstić information content (AvgIpc) is 2.38. The molecule has 0 bridgehead atoms. The first-order valence-electron chi connectivity index (χ1n) is 7.65. The lowest BCUT2D eigenvalue weighted by Crippen LogP contribution is -2.49. The Morgan fingerprint density at radius 1 is 1.29 bits per heavy atom. The molecule has 2 atom stereocenters. The maximum Gasteiger partial charge on any atom is 0.237 e. The van der Waals surface area contributed by atoms with Crippen LogP contribution in [0.4, 0.5) is 0 Å². The van der Waals surface area contributed by atoms with Gasteiger partial charge in [-0.25, -0.2) is 0 Å². The fourth-order valence-electron chi connectivity index (χ4n) is 3.01. The Kier molecular flexibility index (Phi) is 7.20. The second-order valence-corrected chi connectivity index (χ2v) is 6.11. The quantitative estimate of drug-likeness (QED) is 0.898. The molecule has 1 fully saturated rings. The molecule has 3 nitrogen and oxygen atoms in total. The average molecular weight is 311 g/mol. The predicted octanol–water partition coefficient (Wildman–Crippen LogP) is 2.91. The van der Waals surface area contributed by atoms with Gasteiger partial charge in [0.25, 0.3) is 0 Å². The van der Waals surface area contributed by atoms with Crippen LogP contribution in [-0.4, -0.2) is 24.5 Å². The number of amides is 1. The van der Waals surface area contributed by atoms with Gasteiger partial charge in [-0.3, -0.25) is 4.79 Å². The van der Waals surface area contributed by atoms with Crippen molar-refractivity contribution in [1.29, 1.82) is 0 Å². The summed E-state index contributed by atoms with van der Waals surface area (Å²) in [6, 6.07) is 6.76. The molecule has 118 valence electrons. The van der Waals surface area contributed by atoms with Crippen molar-refractivity contribution in [3.8, 4) is 0 Å². The van der Waals surface area contributed by atoms with Crippen molar-refractivity contribution < 1.29 is 4.79 Å². The molecular weight excluding hydrogens is 284 g/mol. The Bertz CT molecular complexity index is 450. The number of carbonyl (C=O) groups excluding carboxylic acids is 1. The first-order valence-corrected chi connectivity index (χ1v) is 7.65. The van der Waals surface area contributed by atoms with Crippen molar-refractivity contribution in [2.75, 3.05) is 6.54 Å². The van der Waals surface area contributed by atoms with Gasteiger partial charge in [0.15, 0.2) is 0 Å². The number of benzene rings is 1. The van der Waals surface area contributed by atoms with Crippen LogP contribution in [-0.2, 0) is 11.2 Å². The number of rotatable bonds is 4. The zero-order chi connectivity index (χ0) is 14.5. The fraction of sp³-hybridized carbons (Fsp3) is 0.588. The summed E-state index contributed by atoms with van der Waals surface area (Å²) in [4.78, 5) is 12.2. The summed E-state index contributed by atoms with van der Waals surface area (Å²) >= 11 is 0. The molecule has 21 heavy (non-hydrogen) atoms. The van der Waals surface area contributed by atoms with Crippen LogP contribution in [0.1, 0.15) is 42.9 Å². The van der Waals surface area contributed by atoms with Crippen molar-refractivity contribution >= 4 is 18.3 Å². The van der Waals surface area contributed by atoms with Gasteiger partial charge in [-0.2, -0.15) is 0 Å². The van der Waals surface area contributed by atoms with Crippen LogP contribution in [0.2, 0.25) is 0 Å². The van der Waals surface area contributed by atoms with Gasteiger partial charge < -0.3 is 10.6 Å². The zero-order valence-electron chi connectivity index (χ0n) is 13.2. The van der Waals surface area contributed by atoms with E-state index in [9.17, 15) is 4.79 Å². The van der Waals surface area contributed by atoms with Crippen LogP contribution in [0.3, 0.4) is 0 Å². The molecule has 0 aromatic heterocycles. The molecule has 1 amide bonds. The van der Waals surface area contributed by atoms with E-state index in [0.717, 1.165) is 25.8 Å². The first kappa shape index (κ1) is 18.0. The second kappa shape index (κ2) is 8.40. The summed E-state index contributed by atoms with van der Waals surface area (Å²) < 4.78 is 0. The van der Waals surface area contributed by atoms with Crippen LogP contribution in [0.25, 0.3) is 0 Å². The third-order valence-corrected chi connectivity index (χ3v) is 3.84. The first-order chi connectivity index (χ1) is 9.54. The summed E-state index contributed by atoms with van der Waals surface area (Å²) in [5.41, 5.74) is 3.87. The number of nitrogens with one attached hydrogen (secondary N) is 2. The molecule has 0 aliphatic carbocycles. The number of hydrogen-bond donors (Lipinski definition) is 2. The Morgan fingerprint density at radius 2 is 1.95 bits per heavy atom. The van der Waals surface area contributed by atoms with Crippen LogP contribution in [0.15, 0.2) is 18.2 Å². The summed E-state index contributed by atoms with van der Waals surface area (Å²) in [5.74, 6) is 0.154. The van der Waals surface area contributed by atoms with Crippen molar-refractivity contribution in [1.82, 2.24) is 10.6 Å². The number of aryl methyl sites for hydroxylation is 2. The highest BCUT2D eigenvalue weighted by Crippen LogP contribution is 2.12. The molecule has 2 unspecified atom stereocenters. The van der Waals surface area contributed by atoms with Crippen LogP contribution in [0, 0.1) is 13.8 Å². The van der Waals surface area contributed by atoms with E-state index < -0.39 is 0 Å². The lowest BCUT2D eigenvalue weighted by atomic mass is 10.0. The third kappa shape index (κ3) is 5.68. The topological polar surface area (TPSA) is 41.1 Å². The summed E-state index contributed by atoms with van der Waals surface area (Å²) in [6.45, 7) is 7.28. The van der Waals surface area contributed by atoms with Crippen molar-refractivity contribution in [3.63, 3.8) is 0 Å². The van der Waals surface area contributed by atoms with Gasteiger partial charge in [0.05, 0.1) is 6.04 Å². The van der Waals surface area contributed by atoms with Gasteiger partial charge in [-0.15, -0.1) is 12.4 Å². The molecule has 1 aromatic carbocycles. The van der Waals surface area contributed by atoms with Gasteiger partial charge in [-0.1, -0.05) is 35.7 Å². The highest BCUT2D eigenvalue weighted by atomic mass is 35.5. The Balaban J connectivity index is 0.00000220. The van der Waals surface area contributed by atoms with E-state index in [1.165, 1.54) is 23.1 Å². The Labute approximate surface area is 134 Å². The zero-order valence-corrected chi connectivity index (χ0v) is 14.1. The monoisotopic (exact) mass is 310 g/mol. The minimum absolute atomic E-state index is 0. The van der Waals surface area contributed by atoms with Crippen LogP contribution in [0.5, 0.6) is 0 Å². The minimum Gasteiger partial charge on any atom is -0.352 e. The maximum absolute atomic E-state index is 12.2. The highest BCUT2D eigenvalue weighted by molar-refractivity contribution is 5.85. The van der Waals surface area contributed by atoms with E-state index >= 15 is 0 Å². The Hall–Kier alpha value is -1.06. The molecule has 4 heteroatoms. The second-order valence-electron chi connectivity index (χ2n) is 6.11. The molecule has 2 rings (SSSR count). The summed E-state index contributed by atoms with van der Waals surface area (Å²) in [6.07, 6.45) is 4.18. The minimum atomic E-state index is 0. The van der Waals surface area contributed by atoms with E-state index in [1.54, 1.807) is 0 Å². The fourth-order valence-corrected chi connectivity index (χ4v) is 3.01. The largest absolute Gasteiger partial charge is 0.352 e. The lowest BCUT2D eigenvalue weighted by molar-refractivity contribution is -0.124. The molecule has 0 saturated carbocycles. The summed E-state index contributed by atoms with van der Waals surface area (Å²) in [7, 11) is 0. The van der Waals surface area contributed by atoms with E-state index in [-0.39, 0.29) is 30.4 Å². The number of hydrogen-bond acceptors (Lipinski definition) is 2. The normalized spacial score (nSPS) is 19.5. The smallest absolute Gasteiger partial charge is 0.237 e. The van der Waals surface area contributed by atoms with Crippen molar-refractivity contribution in [3.05, 3.63) is 34.9 Å². The molecule has 1 heterocycles. The van der Waals surface area contributed by atoms with Gasteiger partial charge in [0, 0.05) is 6.04 Å². The number of carbonyl (C=O) groups is 1. The summed E-state index contributed by atoms with van der Waals surface area (Å²) in [5, 5.41) is 6.43. The molecule has 1 aliphatic rings. The van der Waals surface area contributed by atoms with E-state index in [4.69, 9.17) is 0 Å². The molecular formula is C17H27ClN2O. The van der Waals surface area contributed by atoms with E-state index in [2.05, 4.69) is 49.6 Å². The molecule has 2 N–H and O–H groups in total. The van der Waals surface area contributed by atoms with Crippen molar-refractivity contribution in [2.24, 2.45) is 0 Å². The lowest BCUT2D eigenvalue weighted by Gasteiger charge is -2.24. The van der Waals surface area contributed by atoms with Crippen LogP contribution < -0.4 is 10.6 Å². The number of halogens is 1. The third-order valence-electron chi connectivity index (χ3n) is 3.84. The number of piperidine rings is 1. The maximum atomic E-state index is 12.2. The molecule has 1 saturated heterocycles. The van der Waals surface area contributed by atoms with Gasteiger partial charge in [-0.05, 0) is 52.1 Å². The van der Waals surface area contributed by atoms with Gasteiger partial charge >= 0.3 is 0 Å². The van der Waals surface area contributed by atoms with E-state index in [1.807, 2.05) is 0 Å². The highest BCUT2D eigenvalue weighted by Gasteiger charge is 2.21. The van der Waals surface area contributed by atoms with Crippen molar-refractivity contribution in [2.45, 2.75) is 58.5 Å². The van der Waals surface area contributed by atoms with Crippen LogP contribution >= 0.6 is 12.4 Å². The molecule has 1 aliphatic heterocycles. The van der Waals surface area contributed by atoms with Gasteiger partial charge in [0.1, 0.15) is 0 Å². The molecule has 1 aromatic rings. The SMILES string of the molecule is Cc1cc(C)cc(CC(C)NC(=O)C2CCCCN2)c1.Cl. The molecule has 0 spiro atoms.